The molecule has 3 aromatic carbocycles. The van der Waals surface area contributed by atoms with E-state index in [-0.39, 0.29) is 5.78 Å². The summed E-state index contributed by atoms with van der Waals surface area (Å²) < 4.78 is 6.55. The molecule has 0 N–H and O–H groups in total. The summed E-state index contributed by atoms with van der Waals surface area (Å²) in [7, 11) is -2.83. The van der Waals surface area contributed by atoms with Crippen LogP contribution in [0.2, 0.25) is 0 Å². The summed E-state index contributed by atoms with van der Waals surface area (Å²) in [6.45, 7) is 0. The van der Waals surface area contributed by atoms with Crippen LogP contribution in [-0.2, 0) is 9.32 Å². The van der Waals surface area contributed by atoms with Crippen LogP contribution in [0.25, 0.3) is 0 Å². The number of hydrogen-bond acceptors (Lipinski definition) is 3. The monoisotopic (exact) mass is 385 g/mol. The van der Waals surface area contributed by atoms with E-state index in [0.717, 1.165) is 34.1 Å². The molecule has 1 fully saturated rings. The Kier molecular flexibility index (Phi) is 5.49. The topological polar surface area (TPSA) is 38.7 Å². The zero-order valence-corrected chi connectivity index (χ0v) is 16.8. The van der Waals surface area contributed by atoms with Crippen LogP contribution in [-0.4, -0.2) is 19.8 Å². The number of carbonyl (C=O) groups excluding carboxylic acids is 1. The molecule has 0 atom stereocenters. The maximum atomic E-state index is 11.9. The fourth-order valence-corrected chi connectivity index (χ4v) is 7.35. The van der Waals surface area contributed by atoms with Crippen LogP contribution in [0.4, 0.5) is 0 Å². The van der Waals surface area contributed by atoms with Gasteiger partial charge in [0.15, 0.2) is 0 Å². The van der Waals surface area contributed by atoms with Gasteiger partial charge in [-0.2, -0.15) is 0 Å². The van der Waals surface area contributed by atoms with Gasteiger partial charge in [0, 0.05) is 12.8 Å². The highest BCUT2D eigenvalue weighted by atomic mass is 28.4. The Hall–Kier alpha value is -2.98. The van der Waals surface area contributed by atoms with Crippen LogP contribution in [0, 0.1) is 0 Å². The van der Waals surface area contributed by atoms with Gasteiger partial charge in [-0.25, -0.2) is 0 Å². The zero-order valence-electron chi connectivity index (χ0n) is 15.8. The summed E-state index contributed by atoms with van der Waals surface area (Å²) in [6, 6.07) is 31.1. The predicted octanol–water partition coefficient (Wildman–Crippen LogP) is 3.17. The van der Waals surface area contributed by atoms with E-state index in [0.29, 0.717) is 12.8 Å². The van der Waals surface area contributed by atoms with Crippen molar-refractivity contribution in [3.63, 3.8) is 0 Å². The fourth-order valence-electron chi connectivity index (χ4n) is 3.78. The lowest BCUT2D eigenvalue weighted by molar-refractivity contribution is -0.118. The molecule has 1 aliphatic rings. The number of rotatable bonds is 5. The molecule has 0 radical (unpaired) electrons. The maximum absolute atomic E-state index is 11.9. The summed E-state index contributed by atoms with van der Waals surface area (Å²) in [5, 5.41) is 8.01. The number of Topliss-reactive ketones (excluding diaryl/α,β-unsaturated/α-hetero) is 1. The van der Waals surface area contributed by atoms with E-state index in [4.69, 9.17) is 4.53 Å². The first-order valence-electron chi connectivity index (χ1n) is 9.71. The van der Waals surface area contributed by atoms with E-state index >= 15 is 0 Å². The lowest BCUT2D eigenvalue weighted by Gasteiger charge is -2.30. The van der Waals surface area contributed by atoms with Crippen molar-refractivity contribution in [3.8, 4) is 0 Å². The number of nitrogens with zero attached hydrogens (tertiary/aromatic N) is 1. The van der Waals surface area contributed by atoms with Gasteiger partial charge in [-0.3, -0.25) is 4.79 Å². The maximum Gasteiger partial charge on any atom is 0.380 e. The standard InChI is InChI=1S/C24H23NO2Si/c26-21-12-10-11-20(19-21)25-27-28(22-13-4-1-5-14-22,23-15-6-2-7-16-23)24-17-8-3-9-18-24/h1-9,13-18H,10-12,19H2. The van der Waals surface area contributed by atoms with E-state index < -0.39 is 8.32 Å². The minimum Gasteiger partial charge on any atom is -0.438 e. The molecule has 3 aromatic rings. The number of oxime groups is 1. The van der Waals surface area contributed by atoms with Crippen LogP contribution in [0.1, 0.15) is 25.7 Å². The Morgan fingerprint density at radius 1 is 0.679 bits per heavy atom. The SMILES string of the molecule is O=C1CCCC(=NO[Si](c2ccccc2)(c2ccccc2)c2ccccc2)C1. The van der Waals surface area contributed by atoms with Crippen molar-refractivity contribution in [1.29, 1.82) is 0 Å². The average molecular weight is 386 g/mol. The number of hydrogen-bond donors (Lipinski definition) is 0. The molecule has 4 heteroatoms. The van der Waals surface area contributed by atoms with Gasteiger partial charge >= 0.3 is 8.32 Å². The summed E-state index contributed by atoms with van der Waals surface area (Å²) in [5.74, 6) is 0.250. The number of ketones is 1. The average Bonchev–Trinajstić information content (AvgIpc) is 2.77. The third-order valence-electron chi connectivity index (χ3n) is 5.17. The smallest absolute Gasteiger partial charge is 0.380 e. The van der Waals surface area contributed by atoms with Crippen molar-refractivity contribution in [3.05, 3.63) is 91.0 Å². The lowest BCUT2D eigenvalue weighted by atomic mass is 9.98. The highest BCUT2D eigenvalue weighted by molar-refractivity contribution is 7.07. The van der Waals surface area contributed by atoms with Crippen LogP contribution in [0.15, 0.2) is 96.2 Å². The largest absolute Gasteiger partial charge is 0.438 e. The molecule has 0 bridgehead atoms. The predicted molar refractivity (Wildman–Crippen MR) is 116 cm³/mol. The van der Waals surface area contributed by atoms with Crippen molar-refractivity contribution in [1.82, 2.24) is 0 Å². The van der Waals surface area contributed by atoms with Crippen LogP contribution < -0.4 is 15.6 Å². The van der Waals surface area contributed by atoms with Gasteiger partial charge in [0.05, 0.1) is 5.71 Å². The van der Waals surface area contributed by atoms with Crippen LogP contribution in [0.5, 0.6) is 0 Å². The number of benzene rings is 3. The quantitative estimate of drug-likeness (QED) is 0.384. The van der Waals surface area contributed by atoms with E-state index in [2.05, 4.69) is 41.6 Å². The molecule has 0 spiro atoms. The van der Waals surface area contributed by atoms with E-state index in [9.17, 15) is 4.79 Å². The molecule has 140 valence electrons. The third-order valence-corrected chi connectivity index (χ3v) is 8.98. The second-order valence-corrected chi connectivity index (χ2v) is 10.4. The van der Waals surface area contributed by atoms with Crippen molar-refractivity contribution in [2.45, 2.75) is 25.7 Å². The van der Waals surface area contributed by atoms with Crippen molar-refractivity contribution >= 4 is 35.4 Å². The molecule has 4 rings (SSSR count). The molecule has 1 saturated carbocycles. The molecule has 0 unspecified atom stereocenters. The molecule has 3 nitrogen and oxygen atoms in total. The molecule has 1 aliphatic carbocycles. The Balaban J connectivity index is 1.88. The van der Waals surface area contributed by atoms with Crippen LogP contribution in [0.3, 0.4) is 0 Å². The first-order valence-corrected chi connectivity index (χ1v) is 11.6. The van der Waals surface area contributed by atoms with Gasteiger partial charge in [0.25, 0.3) is 0 Å². The summed E-state index contributed by atoms with van der Waals surface area (Å²) in [5.41, 5.74) is 0.857. The van der Waals surface area contributed by atoms with Gasteiger partial charge < -0.3 is 4.53 Å². The first kappa shape index (κ1) is 18.4. The van der Waals surface area contributed by atoms with E-state index in [1.807, 2.05) is 54.6 Å². The van der Waals surface area contributed by atoms with Crippen molar-refractivity contribution in [2.24, 2.45) is 5.16 Å². The van der Waals surface area contributed by atoms with Gasteiger partial charge in [-0.1, -0.05) is 91.0 Å². The molecule has 0 aromatic heterocycles. The van der Waals surface area contributed by atoms with Gasteiger partial charge in [-0.15, -0.1) is 5.16 Å². The second kappa shape index (κ2) is 8.36. The van der Waals surface area contributed by atoms with Gasteiger partial charge in [0.2, 0.25) is 0 Å². The van der Waals surface area contributed by atoms with E-state index in [1.165, 1.54) is 0 Å². The molecular formula is C24H23NO2Si. The Morgan fingerprint density at radius 2 is 1.14 bits per heavy atom. The fraction of sp³-hybridized carbons (Fsp3) is 0.167. The minimum absolute atomic E-state index is 0.250. The Bertz CT molecular complexity index is 859. The molecular weight excluding hydrogens is 362 g/mol. The number of carbonyl (C=O) groups is 1. The van der Waals surface area contributed by atoms with Gasteiger partial charge in [-0.05, 0) is 28.4 Å². The molecule has 28 heavy (non-hydrogen) atoms. The van der Waals surface area contributed by atoms with Crippen molar-refractivity contribution in [2.75, 3.05) is 0 Å². The Labute approximate surface area is 166 Å². The zero-order chi connectivity index (χ0) is 19.2. The first-order chi connectivity index (χ1) is 13.8. The lowest BCUT2D eigenvalue weighted by Crippen LogP contribution is -2.68. The molecule has 0 aliphatic heterocycles. The molecule has 0 saturated heterocycles. The summed E-state index contributed by atoms with van der Waals surface area (Å²) in [6.07, 6.45) is 2.74. The molecule has 0 amide bonds. The highest BCUT2D eigenvalue weighted by Gasteiger charge is 2.45. The summed E-state index contributed by atoms with van der Waals surface area (Å²) in [4.78, 5) is 11.9. The van der Waals surface area contributed by atoms with Crippen LogP contribution >= 0.6 is 0 Å². The van der Waals surface area contributed by atoms with E-state index in [1.54, 1.807) is 0 Å². The minimum atomic E-state index is -2.83. The van der Waals surface area contributed by atoms with Crippen molar-refractivity contribution < 1.29 is 9.32 Å². The third kappa shape index (κ3) is 3.69. The normalized spacial score (nSPS) is 16.1. The summed E-state index contributed by atoms with van der Waals surface area (Å²) >= 11 is 0. The van der Waals surface area contributed by atoms with Gasteiger partial charge in [0.1, 0.15) is 5.78 Å². The highest BCUT2D eigenvalue weighted by Crippen LogP contribution is 2.15. The second-order valence-electron chi connectivity index (χ2n) is 7.10. The molecule has 0 heterocycles. The Morgan fingerprint density at radius 3 is 1.57 bits per heavy atom.